The van der Waals surface area contributed by atoms with E-state index in [9.17, 15) is 14.0 Å². The molecule has 3 aromatic rings. The highest BCUT2D eigenvalue weighted by Gasteiger charge is 2.29. The highest BCUT2D eigenvalue weighted by molar-refractivity contribution is 5.90. The fourth-order valence-corrected chi connectivity index (χ4v) is 3.52. The molecule has 1 aliphatic carbocycles. The van der Waals surface area contributed by atoms with E-state index in [0.29, 0.717) is 0 Å². The number of halogens is 1. The van der Waals surface area contributed by atoms with Gasteiger partial charge in [0.25, 0.3) is 0 Å². The van der Waals surface area contributed by atoms with Crippen LogP contribution in [0.15, 0.2) is 66.7 Å². The number of benzene rings is 3. The van der Waals surface area contributed by atoms with E-state index in [4.69, 9.17) is 9.84 Å². The van der Waals surface area contributed by atoms with Crippen LogP contribution in [0.25, 0.3) is 11.1 Å². The van der Waals surface area contributed by atoms with Crippen molar-refractivity contribution in [1.82, 2.24) is 0 Å². The Morgan fingerprint density at radius 2 is 1.57 bits per heavy atom. The third-order valence-electron chi connectivity index (χ3n) is 4.79. The minimum absolute atomic E-state index is 0.0794. The highest BCUT2D eigenvalue weighted by atomic mass is 19.1. The van der Waals surface area contributed by atoms with E-state index in [0.717, 1.165) is 34.4 Å². The van der Waals surface area contributed by atoms with Crippen LogP contribution in [0.5, 0.6) is 0 Å². The molecule has 0 bridgehead atoms. The average molecular weight is 377 g/mol. The molecule has 0 spiro atoms. The predicted octanol–water partition coefficient (Wildman–Crippen LogP) is 4.88. The molecule has 0 aliphatic heterocycles. The zero-order valence-corrected chi connectivity index (χ0v) is 14.7. The quantitative estimate of drug-likeness (QED) is 0.679. The zero-order valence-electron chi connectivity index (χ0n) is 14.7. The molecule has 2 N–H and O–H groups in total. The molecule has 3 aromatic carbocycles. The minimum Gasteiger partial charge on any atom is -0.478 e. The fraction of sp³-hybridized carbons (Fsp3) is 0.0909. The number of carboxylic acid groups (broad SMARTS) is 1. The number of carbonyl (C=O) groups excluding carboxylic acids is 1. The molecule has 28 heavy (non-hydrogen) atoms. The van der Waals surface area contributed by atoms with Gasteiger partial charge in [-0.1, -0.05) is 48.5 Å². The molecule has 0 radical (unpaired) electrons. The molecule has 0 atom stereocenters. The maximum absolute atomic E-state index is 13.7. The van der Waals surface area contributed by atoms with Gasteiger partial charge >= 0.3 is 12.1 Å². The van der Waals surface area contributed by atoms with Gasteiger partial charge in [-0.05, 0) is 40.5 Å². The van der Waals surface area contributed by atoms with Crippen LogP contribution in [0, 0.1) is 5.82 Å². The average Bonchev–Trinajstić information content (AvgIpc) is 3.00. The monoisotopic (exact) mass is 377 g/mol. The van der Waals surface area contributed by atoms with Gasteiger partial charge in [-0.25, -0.2) is 14.0 Å². The van der Waals surface area contributed by atoms with E-state index in [1.807, 2.05) is 48.5 Å². The Balaban J connectivity index is 1.47. The van der Waals surface area contributed by atoms with Crippen molar-refractivity contribution in [3.8, 4) is 11.1 Å². The Labute approximate surface area is 160 Å². The summed E-state index contributed by atoms with van der Waals surface area (Å²) >= 11 is 0. The van der Waals surface area contributed by atoms with E-state index in [2.05, 4.69) is 5.32 Å². The maximum Gasteiger partial charge on any atom is 0.411 e. The Bertz CT molecular complexity index is 1030. The first kappa shape index (κ1) is 17.7. The summed E-state index contributed by atoms with van der Waals surface area (Å²) in [7, 11) is 0. The van der Waals surface area contributed by atoms with Crippen LogP contribution in [-0.4, -0.2) is 23.8 Å². The molecule has 5 nitrogen and oxygen atoms in total. The number of hydrogen-bond donors (Lipinski definition) is 2. The largest absolute Gasteiger partial charge is 0.478 e. The summed E-state index contributed by atoms with van der Waals surface area (Å²) in [5.41, 5.74) is 4.09. The summed E-state index contributed by atoms with van der Waals surface area (Å²) in [6.07, 6.45) is -0.732. The number of aromatic carboxylic acids is 1. The number of amides is 1. The van der Waals surface area contributed by atoms with Crippen LogP contribution in [0.3, 0.4) is 0 Å². The van der Waals surface area contributed by atoms with Gasteiger partial charge in [-0.15, -0.1) is 0 Å². The second kappa shape index (κ2) is 7.15. The fourth-order valence-electron chi connectivity index (χ4n) is 3.52. The van der Waals surface area contributed by atoms with Crippen molar-refractivity contribution >= 4 is 17.7 Å². The summed E-state index contributed by atoms with van der Waals surface area (Å²) in [5, 5.41) is 11.3. The van der Waals surface area contributed by atoms with Crippen LogP contribution >= 0.6 is 0 Å². The molecule has 140 valence electrons. The first-order valence-corrected chi connectivity index (χ1v) is 8.69. The lowest BCUT2D eigenvalue weighted by Gasteiger charge is -2.14. The zero-order chi connectivity index (χ0) is 19.7. The topological polar surface area (TPSA) is 75.6 Å². The predicted molar refractivity (Wildman–Crippen MR) is 102 cm³/mol. The first-order chi connectivity index (χ1) is 13.5. The number of carbonyl (C=O) groups is 2. The van der Waals surface area contributed by atoms with E-state index in [1.165, 1.54) is 6.07 Å². The lowest BCUT2D eigenvalue weighted by molar-refractivity contribution is 0.0692. The Morgan fingerprint density at radius 3 is 2.14 bits per heavy atom. The normalized spacial score (nSPS) is 12.2. The molecule has 0 aromatic heterocycles. The van der Waals surface area contributed by atoms with Crippen LogP contribution < -0.4 is 5.32 Å². The summed E-state index contributed by atoms with van der Waals surface area (Å²) in [4.78, 5) is 23.0. The molecule has 0 saturated heterocycles. The Morgan fingerprint density at radius 1 is 0.964 bits per heavy atom. The summed E-state index contributed by atoms with van der Waals surface area (Å²) in [6, 6.07) is 19.3. The van der Waals surface area contributed by atoms with Crippen molar-refractivity contribution in [2.45, 2.75) is 5.92 Å². The van der Waals surface area contributed by atoms with Gasteiger partial charge in [-0.3, -0.25) is 5.32 Å². The van der Waals surface area contributed by atoms with Gasteiger partial charge in [0.15, 0.2) is 0 Å². The van der Waals surface area contributed by atoms with Crippen molar-refractivity contribution in [3.63, 3.8) is 0 Å². The number of hydrogen-bond acceptors (Lipinski definition) is 3. The number of rotatable bonds is 4. The standard InChI is InChI=1S/C22H16FNO4/c23-20-11-13(9-10-18(20)21(25)26)24-22(27)28-12-19-16-7-3-1-5-14(16)15-6-2-4-8-17(15)19/h1-11,19H,12H2,(H,24,27)(H,25,26). The molecule has 1 aliphatic rings. The van der Waals surface area contributed by atoms with Crippen LogP contribution in [0.2, 0.25) is 0 Å². The third-order valence-corrected chi connectivity index (χ3v) is 4.79. The second-order valence-corrected chi connectivity index (χ2v) is 6.45. The van der Waals surface area contributed by atoms with Gasteiger partial charge in [0.1, 0.15) is 12.4 Å². The highest BCUT2D eigenvalue weighted by Crippen LogP contribution is 2.44. The van der Waals surface area contributed by atoms with Crippen molar-refractivity contribution in [2.24, 2.45) is 0 Å². The van der Waals surface area contributed by atoms with E-state index < -0.39 is 23.4 Å². The third kappa shape index (κ3) is 3.20. The molecule has 0 heterocycles. The van der Waals surface area contributed by atoms with E-state index >= 15 is 0 Å². The van der Waals surface area contributed by atoms with Crippen molar-refractivity contribution in [3.05, 3.63) is 89.2 Å². The molecule has 0 fully saturated rings. The smallest absolute Gasteiger partial charge is 0.411 e. The van der Waals surface area contributed by atoms with Crippen molar-refractivity contribution < 1.29 is 23.8 Å². The number of nitrogens with one attached hydrogen (secondary N) is 1. The first-order valence-electron chi connectivity index (χ1n) is 8.69. The number of anilines is 1. The summed E-state index contributed by atoms with van der Waals surface area (Å²) in [5.74, 6) is -2.38. The van der Waals surface area contributed by atoms with Crippen molar-refractivity contribution in [1.29, 1.82) is 0 Å². The molecule has 0 saturated carbocycles. The van der Waals surface area contributed by atoms with Gasteiger partial charge in [0, 0.05) is 11.6 Å². The lowest BCUT2D eigenvalue weighted by atomic mass is 9.98. The van der Waals surface area contributed by atoms with Crippen LogP contribution in [0.4, 0.5) is 14.9 Å². The molecular formula is C22H16FNO4. The summed E-state index contributed by atoms with van der Waals surface area (Å²) in [6.45, 7) is 0.134. The lowest BCUT2D eigenvalue weighted by Crippen LogP contribution is -2.18. The number of carboxylic acids is 1. The molecule has 1 amide bonds. The van der Waals surface area contributed by atoms with Crippen LogP contribution in [-0.2, 0) is 4.74 Å². The second-order valence-electron chi connectivity index (χ2n) is 6.45. The van der Waals surface area contributed by atoms with Gasteiger partial charge in [-0.2, -0.15) is 0 Å². The maximum atomic E-state index is 13.7. The minimum atomic E-state index is -1.37. The van der Waals surface area contributed by atoms with Crippen LogP contribution in [0.1, 0.15) is 27.4 Å². The van der Waals surface area contributed by atoms with E-state index in [-0.39, 0.29) is 18.2 Å². The number of ether oxygens (including phenoxy) is 1. The van der Waals surface area contributed by atoms with Gasteiger partial charge in [0.2, 0.25) is 0 Å². The molecule has 6 heteroatoms. The van der Waals surface area contributed by atoms with E-state index in [1.54, 1.807) is 0 Å². The van der Waals surface area contributed by atoms with Gasteiger partial charge in [0.05, 0.1) is 5.56 Å². The molecular weight excluding hydrogens is 361 g/mol. The number of fused-ring (bicyclic) bond motifs is 3. The SMILES string of the molecule is O=C(Nc1ccc(C(=O)O)c(F)c1)OCC1c2ccccc2-c2ccccc21. The molecule has 4 rings (SSSR count). The Hall–Kier alpha value is -3.67. The Kier molecular flexibility index (Phi) is 4.53. The van der Waals surface area contributed by atoms with Gasteiger partial charge < -0.3 is 9.84 Å². The molecule has 0 unspecified atom stereocenters. The summed E-state index contributed by atoms with van der Waals surface area (Å²) < 4.78 is 19.1. The van der Waals surface area contributed by atoms with Crippen molar-refractivity contribution in [2.75, 3.05) is 11.9 Å².